The molecule has 18 heavy (non-hydrogen) atoms. The molecule has 1 heterocycles. The van der Waals surface area contributed by atoms with Crippen molar-refractivity contribution in [1.29, 1.82) is 0 Å². The van der Waals surface area contributed by atoms with Gasteiger partial charge in [0.25, 0.3) is 0 Å². The van der Waals surface area contributed by atoms with Gasteiger partial charge in [-0.25, -0.2) is 4.98 Å². The molecule has 5 heteroatoms. The molecule has 2 aromatic rings. The molecule has 2 N–H and O–H groups in total. The number of carbonyl (C=O) groups excluding carboxylic acids is 1. The zero-order chi connectivity index (χ0) is 12.8. The topological polar surface area (TPSA) is 67.2 Å². The molecule has 0 bridgehead atoms. The summed E-state index contributed by atoms with van der Waals surface area (Å²) in [6.07, 6.45) is 3.02. The summed E-state index contributed by atoms with van der Waals surface area (Å²) in [6.45, 7) is 3.03. The molecule has 0 atom stereocenters. The molecule has 0 radical (unpaired) electrons. The summed E-state index contributed by atoms with van der Waals surface area (Å²) in [6, 6.07) is 7.45. The van der Waals surface area contributed by atoms with Crippen molar-refractivity contribution in [3.63, 3.8) is 0 Å². The van der Waals surface area contributed by atoms with E-state index in [9.17, 15) is 4.79 Å². The Morgan fingerprint density at radius 1 is 1.44 bits per heavy atom. The zero-order valence-corrected chi connectivity index (χ0v) is 10.1. The van der Waals surface area contributed by atoms with Crippen LogP contribution in [0.25, 0.3) is 11.3 Å². The third kappa shape index (κ3) is 3.18. The number of carbonyl (C=O) groups is 1. The van der Waals surface area contributed by atoms with Crippen LogP contribution in [0.3, 0.4) is 0 Å². The smallest absolute Gasteiger partial charge is 0.238 e. The monoisotopic (exact) mass is 245 g/mol. The molecule has 5 nitrogen and oxygen atoms in total. The molecule has 0 saturated heterocycles. The van der Waals surface area contributed by atoms with Gasteiger partial charge in [-0.1, -0.05) is 19.1 Å². The Morgan fingerprint density at radius 2 is 2.33 bits per heavy atom. The van der Waals surface area contributed by atoms with Crippen LogP contribution in [0.2, 0.25) is 0 Å². The van der Waals surface area contributed by atoms with Crippen LogP contribution in [-0.2, 0) is 4.79 Å². The molecule has 1 amide bonds. The molecule has 0 aliphatic rings. The van der Waals surface area contributed by atoms with E-state index in [2.05, 4.69) is 15.6 Å². The summed E-state index contributed by atoms with van der Waals surface area (Å²) in [5.74, 6) is 0.615. The first kappa shape index (κ1) is 12.3. The fraction of sp³-hybridized carbons (Fsp3) is 0.231. The van der Waals surface area contributed by atoms with Gasteiger partial charge in [0.2, 0.25) is 5.91 Å². The van der Waals surface area contributed by atoms with Gasteiger partial charge in [-0.15, -0.1) is 0 Å². The summed E-state index contributed by atoms with van der Waals surface area (Å²) < 4.78 is 5.21. The van der Waals surface area contributed by atoms with Crippen LogP contribution in [-0.4, -0.2) is 24.0 Å². The minimum absolute atomic E-state index is 0.0634. The van der Waals surface area contributed by atoms with Crippen molar-refractivity contribution in [3.05, 3.63) is 36.9 Å². The number of oxazole rings is 1. The van der Waals surface area contributed by atoms with Gasteiger partial charge in [-0.05, 0) is 18.7 Å². The fourth-order valence-electron chi connectivity index (χ4n) is 1.55. The summed E-state index contributed by atoms with van der Waals surface area (Å²) in [7, 11) is 0. The van der Waals surface area contributed by atoms with Gasteiger partial charge in [-0.2, -0.15) is 0 Å². The molecule has 0 spiro atoms. The van der Waals surface area contributed by atoms with E-state index in [4.69, 9.17) is 4.42 Å². The third-order valence-electron chi connectivity index (χ3n) is 2.40. The molecular weight excluding hydrogens is 230 g/mol. The van der Waals surface area contributed by atoms with Crippen LogP contribution >= 0.6 is 0 Å². The van der Waals surface area contributed by atoms with E-state index < -0.39 is 0 Å². The molecule has 0 saturated carbocycles. The Kier molecular flexibility index (Phi) is 4.09. The highest BCUT2D eigenvalue weighted by Gasteiger charge is 2.04. The van der Waals surface area contributed by atoms with Crippen LogP contribution in [0, 0.1) is 0 Å². The maximum absolute atomic E-state index is 11.6. The van der Waals surface area contributed by atoms with Crippen molar-refractivity contribution in [2.24, 2.45) is 0 Å². The van der Waals surface area contributed by atoms with Gasteiger partial charge in [0.1, 0.15) is 0 Å². The predicted octanol–water partition coefficient (Wildman–Crippen LogP) is 1.89. The van der Waals surface area contributed by atoms with Gasteiger partial charge in [-0.3, -0.25) is 4.79 Å². The quantitative estimate of drug-likeness (QED) is 0.844. The molecule has 1 aromatic heterocycles. The highest BCUT2D eigenvalue weighted by atomic mass is 16.3. The average molecular weight is 245 g/mol. The number of anilines is 1. The zero-order valence-electron chi connectivity index (χ0n) is 10.1. The summed E-state index contributed by atoms with van der Waals surface area (Å²) in [5, 5.41) is 5.79. The number of aromatic nitrogens is 1. The Balaban J connectivity index is 2.06. The molecule has 2 rings (SSSR count). The highest BCUT2D eigenvalue weighted by Crippen LogP contribution is 2.21. The Hall–Kier alpha value is -2.14. The molecule has 1 aromatic carbocycles. The van der Waals surface area contributed by atoms with Crippen molar-refractivity contribution in [3.8, 4) is 11.3 Å². The van der Waals surface area contributed by atoms with Crippen molar-refractivity contribution in [1.82, 2.24) is 10.3 Å². The van der Waals surface area contributed by atoms with Crippen molar-refractivity contribution < 1.29 is 9.21 Å². The molecular formula is C13H15N3O2. The fourth-order valence-corrected chi connectivity index (χ4v) is 1.55. The van der Waals surface area contributed by atoms with E-state index in [-0.39, 0.29) is 5.91 Å². The van der Waals surface area contributed by atoms with Gasteiger partial charge in [0, 0.05) is 11.3 Å². The molecule has 0 unspecified atom stereocenters. The van der Waals surface area contributed by atoms with Crippen LogP contribution in [0.1, 0.15) is 6.92 Å². The number of amides is 1. The lowest BCUT2D eigenvalue weighted by molar-refractivity contribution is -0.115. The number of nitrogens with zero attached hydrogens (tertiary/aromatic N) is 1. The second-order valence-corrected chi connectivity index (χ2v) is 3.77. The van der Waals surface area contributed by atoms with E-state index in [0.29, 0.717) is 12.3 Å². The minimum atomic E-state index is -0.0634. The Morgan fingerprint density at radius 3 is 3.06 bits per heavy atom. The van der Waals surface area contributed by atoms with E-state index in [0.717, 1.165) is 17.8 Å². The Bertz CT molecular complexity index is 509. The lowest BCUT2D eigenvalue weighted by atomic mass is 10.1. The second kappa shape index (κ2) is 5.97. The number of benzene rings is 1. The van der Waals surface area contributed by atoms with E-state index >= 15 is 0 Å². The van der Waals surface area contributed by atoms with E-state index in [1.165, 1.54) is 6.39 Å². The number of nitrogens with one attached hydrogen (secondary N) is 2. The standard InChI is InChI=1S/C13H15N3O2/c1-2-14-8-13(17)16-11-5-3-4-10(6-11)12-7-15-9-18-12/h3-7,9,14H,2,8H2,1H3,(H,16,17). The predicted molar refractivity (Wildman–Crippen MR) is 69.1 cm³/mol. The van der Waals surface area contributed by atoms with Gasteiger partial charge >= 0.3 is 0 Å². The number of hydrogen-bond donors (Lipinski definition) is 2. The second-order valence-electron chi connectivity index (χ2n) is 3.77. The molecule has 0 aliphatic carbocycles. The first-order valence-electron chi connectivity index (χ1n) is 5.79. The molecule has 0 aliphatic heterocycles. The number of rotatable bonds is 5. The maximum atomic E-state index is 11.6. The lowest BCUT2D eigenvalue weighted by Crippen LogP contribution is -2.27. The summed E-state index contributed by atoms with van der Waals surface area (Å²) in [5.41, 5.74) is 1.63. The van der Waals surface area contributed by atoms with Gasteiger partial charge in [0.05, 0.1) is 12.7 Å². The third-order valence-corrected chi connectivity index (χ3v) is 2.40. The Labute approximate surface area is 105 Å². The van der Waals surface area contributed by atoms with Crippen molar-refractivity contribution in [2.45, 2.75) is 6.92 Å². The summed E-state index contributed by atoms with van der Waals surface area (Å²) >= 11 is 0. The van der Waals surface area contributed by atoms with Crippen LogP contribution in [0.15, 0.2) is 41.3 Å². The van der Waals surface area contributed by atoms with Gasteiger partial charge in [0.15, 0.2) is 12.2 Å². The largest absolute Gasteiger partial charge is 0.444 e. The summed E-state index contributed by atoms with van der Waals surface area (Å²) in [4.78, 5) is 15.4. The van der Waals surface area contributed by atoms with E-state index in [1.807, 2.05) is 31.2 Å². The SMILES string of the molecule is CCNCC(=O)Nc1cccc(-c2cnco2)c1. The van der Waals surface area contributed by atoms with Gasteiger partial charge < -0.3 is 15.1 Å². The number of hydrogen-bond acceptors (Lipinski definition) is 4. The molecule has 94 valence electrons. The van der Waals surface area contributed by atoms with Crippen LogP contribution < -0.4 is 10.6 Å². The molecule has 0 fully saturated rings. The average Bonchev–Trinajstić information content (AvgIpc) is 2.90. The van der Waals surface area contributed by atoms with Crippen LogP contribution in [0.5, 0.6) is 0 Å². The number of likely N-dealkylation sites (N-methyl/N-ethyl adjacent to an activating group) is 1. The minimum Gasteiger partial charge on any atom is -0.444 e. The van der Waals surface area contributed by atoms with E-state index in [1.54, 1.807) is 6.20 Å². The lowest BCUT2D eigenvalue weighted by Gasteiger charge is -2.06. The van der Waals surface area contributed by atoms with Crippen LogP contribution in [0.4, 0.5) is 5.69 Å². The highest BCUT2D eigenvalue weighted by molar-refractivity contribution is 5.92. The van der Waals surface area contributed by atoms with Crippen molar-refractivity contribution in [2.75, 3.05) is 18.4 Å². The van der Waals surface area contributed by atoms with Crippen molar-refractivity contribution >= 4 is 11.6 Å². The first-order chi connectivity index (χ1) is 8.79. The first-order valence-corrected chi connectivity index (χ1v) is 5.79. The maximum Gasteiger partial charge on any atom is 0.238 e. The normalized spacial score (nSPS) is 10.3.